The van der Waals surface area contributed by atoms with Gasteiger partial charge in [0.15, 0.2) is 0 Å². The average Bonchev–Trinajstić information content (AvgIpc) is 3.38. The van der Waals surface area contributed by atoms with Crippen LogP contribution in [0.25, 0.3) is 11.1 Å². The summed E-state index contributed by atoms with van der Waals surface area (Å²) in [5.41, 5.74) is 3.65. The van der Waals surface area contributed by atoms with E-state index in [1.165, 1.54) is 17.9 Å². The molecule has 2 N–H and O–H groups in total. The van der Waals surface area contributed by atoms with Gasteiger partial charge < -0.3 is 15.4 Å². The van der Waals surface area contributed by atoms with Crippen molar-refractivity contribution in [2.45, 2.75) is 26.1 Å². The van der Waals surface area contributed by atoms with Crippen LogP contribution in [0.3, 0.4) is 0 Å². The van der Waals surface area contributed by atoms with E-state index in [9.17, 15) is 14.0 Å². The summed E-state index contributed by atoms with van der Waals surface area (Å²) < 4.78 is 21.9. The fraction of sp³-hybridized carbons (Fsp3) is 0.304. The van der Waals surface area contributed by atoms with Gasteiger partial charge >= 0.3 is 6.09 Å². The Balaban J connectivity index is 1.38. The second-order valence-corrected chi connectivity index (χ2v) is 7.87. The maximum atomic E-state index is 14.9. The van der Waals surface area contributed by atoms with E-state index >= 15 is 0 Å². The molecule has 0 bridgehead atoms. The Morgan fingerprint density at radius 3 is 2.67 bits per heavy atom. The van der Waals surface area contributed by atoms with Crippen LogP contribution in [0.15, 0.2) is 48.7 Å². The summed E-state index contributed by atoms with van der Waals surface area (Å²) in [5, 5.41) is 13.7. The number of amides is 2. The van der Waals surface area contributed by atoms with Crippen molar-refractivity contribution in [2.24, 2.45) is 7.05 Å². The van der Waals surface area contributed by atoms with Crippen LogP contribution in [-0.4, -0.2) is 46.2 Å². The molecule has 3 aromatic rings. The molecule has 1 saturated heterocycles. The molecule has 2 heterocycles. The lowest BCUT2D eigenvalue weighted by molar-refractivity contribution is -0.119. The van der Waals surface area contributed by atoms with Crippen LogP contribution < -0.4 is 15.5 Å². The van der Waals surface area contributed by atoms with Gasteiger partial charge in [0.05, 0.1) is 30.7 Å². The Morgan fingerprint density at radius 2 is 2.00 bits per heavy atom. The van der Waals surface area contributed by atoms with Gasteiger partial charge in [-0.25, -0.2) is 9.18 Å². The van der Waals surface area contributed by atoms with Gasteiger partial charge in [-0.15, -0.1) is 5.10 Å². The molecule has 1 aliphatic heterocycles. The highest BCUT2D eigenvalue weighted by Crippen LogP contribution is 2.29. The van der Waals surface area contributed by atoms with Crippen molar-refractivity contribution in [3.63, 3.8) is 0 Å². The van der Waals surface area contributed by atoms with Crippen LogP contribution in [0.1, 0.15) is 18.2 Å². The standard InChI is InChI=1S/C23H25FN6O3/c1-15(31)26-13-20-14-30(23(32)33-20)18-7-8-21(22(24)9-18)17-5-3-16(4-6-17)10-25-11-19-12-27-28-29(19)2/h3-9,12,20,25H,10-11,13-14H2,1-2H3,(H,26,31)/t20-/m0/s1. The zero-order valence-electron chi connectivity index (χ0n) is 18.4. The predicted molar refractivity (Wildman–Crippen MR) is 120 cm³/mol. The lowest BCUT2D eigenvalue weighted by Crippen LogP contribution is -2.33. The number of hydrogen-bond donors (Lipinski definition) is 2. The number of carbonyl (C=O) groups excluding carboxylic acids is 2. The third kappa shape index (κ3) is 5.35. The van der Waals surface area contributed by atoms with E-state index in [-0.39, 0.29) is 19.0 Å². The molecule has 0 aliphatic carbocycles. The third-order valence-corrected chi connectivity index (χ3v) is 5.43. The predicted octanol–water partition coefficient (Wildman–Crippen LogP) is 2.37. The van der Waals surface area contributed by atoms with Crippen molar-refractivity contribution in [1.82, 2.24) is 25.6 Å². The average molecular weight is 452 g/mol. The van der Waals surface area contributed by atoms with Crippen molar-refractivity contribution in [3.05, 3.63) is 65.7 Å². The first-order valence-corrected chi connectivity index (χ1v) is 10.6. The molecule has 0 unspecified atom stereocenters. The first-order chi connectivity index (χ1) is 15.9. The second kappa shape index (κ2) is 9.78. The van der Waals surface area contributed by atoms with Gasteiger partial charge in [0.2, 0.25) is 5.91 Å². The highest BCUT2D eigenvalue weighted by molar-refractivity contribution is 5.90. The number of nitrogens with zero attached hydrogens (tertiary/aromatic N) is 4. The van der Waals surface area contributed by atoms with Gasteiger partial charge in [-0.05, 0) is 29.3 Å². The zero-order chi connectivity index (χ0) is 23.4. The van der Waals surface area contributed by atoms with Crippen LogP contribution >= 0.6 is 0 Å². The smallest absolute Gasteiger partial charge is 0.414 e. The minimum Gasteiger partial charge on any atom is -0.442 e. The topological polar surface area (TPSA) is 101 Å². The first kappa shape index (κ1) is 22.4. The van der Waals surface area contributed by atoms with Crippen molar-refractivity contribution in [2.75, 3.05) is 18.0 Å². The number of hydrogen-bond acceptors (Lipinski definition) is 6. The molecule has 4 rings (SSSR count). The maximum Gasteiger partial charge on any atom is 0.414 e. The Hall–Kier alpha value is -3.79. The van der Waals surface area contributed by atoms with Gasteiger partial charge in [0.25, 0.3) is 0 Å². The van der Waals surface area contributed by atoms with Crippen LogP contribution in [-0.2, 0) is 29.7 Å². The molecule has 0 spiro atoms. The van der Waals surface area contributed by atoms with E-state index in [0.29, 0.717) is 24.3 Å². The molecule has 10 heteroatoms. The fourth-order valence-corrected chi connectivity index (χ4v) is 3.61. The summed E-state index contributed by atoms with van der Waals surface area (Å²) in [4.78, 5) is 24.6. The van der Waals surface area contributed by atoms with E-state index < -0.39 is 18.0 Å². The van der Waals surface area contributed by atoms with E-state index in [1.807, 2.05) is 31.3 Å². The van der Waals surface area contributed by atoms with Gasteiger partial charge in [-0.1, -0.05) is 29.5 Å². The summed E-state index contributed by atoms with van der Waals surface area (Å²) in [5.74, 6) is -0.632. The zero-order valence-corrected chi connectivity index (χ0v) is 18.4. The number of anilines is 1. The first-order valence-electron chi connectivity index (χ1n) is 10.6. The van der Waals surface area contributed by atoms with Gasteiger partial charge in [0, 0.05) is 32.6 Å². The van der Waals surface area contributed by atoms with Crippen molar-refractivity contribution in [1.29, 1.82) is 0 Å². The molecular formula is C23H25FN6O3. The Bertz CT molecular complexity index is 1150. The largest absolute Gasteiger partial charge is 0.442 e. The van der Waals surface area contributed by atoms with Gasteiger partial charge in [-0.2, -0.15) is 0 Å². The van der Waals surface area contributed by atoms with Crippen LogP contribution in [0.4, 0.5) is 14.9 Å². The molecule has 33 heavy (non-hydrogen) atoms. The molecule has 1 aliphatic rings. The maximum absolute atomic E-state index is 14.9. The van der Waals surface area contributed by atoms with Gasteiger partial charge in [-0.3, -0.25) is 14.4 Å². The highest BCUT2D eigenvalue weighted by Gasteiger charge is 2.32. The van der Waals surface area contributed by atoms with E-state index in [2.05, 4.69) is 20.9 Å². The number of halogens is 1. The number of aryl methyl sites for hydroxylation is 1. The summed E-state index contributed by atoms with van der Waals surface area (Å²) >= 11 is 0. The molecule has 172 valence electrons. The quantitative estimate of drug-likeness (QED) is 0.544. The number of cyclic esters (lactones) is 1. The molecule has 2 aromatic carbocycles. The normalized spacial score (nSPS) is 15.5. The van der Waals surface area contributed by atoms with E-state index in [0.717, 1.165) is 16.8 Å². The monoisotopic (exact) mass is 452 g/mol. The molecule has 1 aromatic heterocycles. The van der Waals surface area contributed by atoms with Crippen molar-refractivity contribution < 1.29 is 18.7 Å². The number of carbonyl (C=O) groups is 2. The highest BCUT2D eigenvalue weighted by atomic mass is 19.1. The lowest BCUT2D eigenvalue weighted by atomic mass is 10.0. The molecule has 2 amide bonds. The number of nitrogens with one attached hydrogen (secondary N) is 2. The van der Waals surface area contributed by atoms with E-state index in [4.69, 9.17) is 4.74 Å². The van der Waals surface area contributed by atoms with Crippen LogP contribution in [0.5, 0.6) is 0 Å². The minimum absolute atomic E-state index is 0.201. The molecular weight excluding hydrogens is 427 g/mol. The molecule has 9 nitrogen and oxygen atoms in total. The second-order valence-electron chi connectivity index (χ2n) is 7.87. The van der Waals surface area contributed by atoms with Crippen LogP contribution in [0.2, 0.25) is 0 Å². The number of ether oxygens (including phenoxy) is 1. The Labute approximate surface area is 190 Å². The SMILES string of the molecule is CC(=O)NC[C@H]1CN(c2ccc(-c3ccc(CNCc4cnnn4C)cc3)c(F)c2)C(=O)O1. The van der Waals surface area contributed by atoms with Crippen molar-refractivity contribution in [3.8, 4) is 11.1 Å². The minimum atomic E-state index is -0.559. The Kier molecular flexibility index (Phi) is 6.64. The Morgan fingerprint density at radius 1 is 1.21 bits per heavy atom. The summed E-state index contributed by atoms with van der Waals surface area (Å²) in [6.07, 6.45) is 0.684. The van der Waals surface area contributed by atoms with Crippen LogP contribution in [0, 0.1) is 5.82 Å². The molecule has 1 atom stereocenters. The van der Waals surface area contributed by atoms with Crippen molar-refractivity contribution >= 4 is 17.7 Å². The molecule has 0 saturated carbocycles. The molecule has 0 radical (unpaired) electrons. The lowest BCUT2D eigenvalue weighted by Gasteiger charge is -2.15. The summed E-state index contributed by atoms with van der Waals surface area (Å²) in [7, 11) is 1.84. The number of rotatable bonds is 8. The number of aromatic nitrogens is 3. The fourth-order valence-electron chi connectivity index (χ4n) is 3.61. The summed E-state index contributed by atoms with van der Waals surface area (Å²) in [6, 6.07) is 12.3. The number of benzene rings is 2. The van der Waals surface area contributed by atoms with Gasteiger partial charge in [0.1, 0.15) is 11.9 Å². The summed E-state index contributed by atoms with van der Waals surface area (Å²) in [6.45, 7) is 3.16. The third-order valence-electron chi connectivity index (χ3n) is 5.43. The molecule has 1 fully saturated rings. The van der Waals surface area contributed by atoms with E-state index in [1.54, 1.807) is 23.0 Å².